The molecule has 5 nitrogen and oxygen atoms in total. The van der Waals surface area contributed by atoms with Gasteiger partial charge in [0.15, 0.2) is 0 Å². The van der Waals surface area contributed by atoms with Crippen LogP contribution in [0, 0.1) is 0 Å². The van der Waals surface area contributed by atoms with Gasteiger partial charge in [-0.05, 0) is 44.9 Å². The molecule has 1 fully saturated rings. The molecule has 0 saturated carbocycles. The number of nitrogens with one attached hydrogen (secondary N) is 1. The number of hydrogen-bond donors (Lipinski definition) is 1. The molecule has 5 heteroatoms. The van der Waals surface area contributed by atoms with E-state index in [-0.39, 0.29) is 5.91 Å². The Morgan fingerprint density at radius 2 is 2.12 bits per heavy atom. The monoisotopic (exact) mass is 326 g/mol. The van der Waals surface area contributed by atoms with E-state index in [0.29, 0.717) is 18.2 Å². The molecule has 1 aliphatic rings. The fourth-order valence-corrected chi connectivity index (χ4v) is 3.24. The van der Waals surface area contributed by atoms with E-state index in [4.69, 9.17) is 0 Å². The van der Waals surface area contributed by atoms with Gasteiger partial charge in [-0.15, -0.1) is 0 Å². The highest BCUT2D eigenvalue weighted by molar-refractivity contribution is 5.93. The zero-order valence-corrected chi connectivity index (χ0v) is 14.3. The highest BCUT2D eigenvalue weighted by Gasteiger charge is 2.17. The average molecular weight is 326 g/mol. The van der Waals surface area contributed by atoms with E-state index in [1.54, 1.807) is 17.1 Å². The molecule has 0 spiro atoms. The maximum Gasteiger partial charge on any atom is 0.254 e. The van der Waals surface area contributed by atoms with Crippen molar-refractivity contribution in [3.63, 3.8) is 0 Å². The number of rotatable bonds is 6. The molecule has 2 heterocycles. The van der Waals surface area contributed by atoms with E-state index in [2.05, 4.69) is 22.2 Å². The molecule has 1 aromatic carbocycles. The molecular weight excluding hydrogens is 300 g/mol. The summed E-state index contributed by atoms with van der Waals surface area (Å²) in [6.45, 7) is 5.26. The smallest absolute Gasteiger partial charge is 0.254 e. The van der Waals surface area contributed by atoms with Crippen LogP contribution in [0.15, 0.2) is 42.7 Å². The number of hydrogen-bond acceptors (Lipinski definition) is 3. The minimum absolute atomic E-state index is 0.0520. The molecule has 0 aliphatic carbocycles. The lowest BCUT2D eigenvalue weighted by molar-refractivity contribution is 0.0949. The third kappa shape index (κ3) is 4.23. The first kappa shape index (κ1) is 16.7. The molecule has 1 amide bonds. The maximum atomic E-state index is 12.2. The van der Waals surface area contributed by atoms with Crippen LogP contribution in [0.1, 0.15) is 43.0 Å². The lowest BCUT2D eigenvalue weighted by Gasteiger charge is -2.33. The summed E-state index contributed by atoms with van der Waals surface area (Å²) in [7, 11) is 0. The fraction of sp³-hybridized carbons (Fsp3) is 0.474. The summed E-state index contributed by atoms with van der Waals surface area (Å²) in [5.74, 6) is -0.0520. The maximum absolute atomic E-state index is 12.2. The second kappa shape index (κ2) is 8.11. The third-order valence-corrected chi connectivity index (χ3v) is 4.71. The van der Waals surface area contributed by atoms with Gasteiger partial charge in [-0.2, -0.15) is 5.10 Å². The van der Waals surface area contributed by atoms with Crippen molar-refractivity contribution in [2.75, 3.05) is 19.6 Å². The van der Waals surface area contributed by atoms with E-state index < -0.39 is 0 Å². The number of amides is 1. The Morgan fingerprint density at radius 1 is 1.29 bits per heavy atom. The van der Waals surface area contributed by atoms with E-state index in [0.717, 1.165) is 18.7 Å². The van der Waals surface area contributed by atoms with Crippen molar-refractivity contribution in [1.29, 1.82) is 0 Å². The topological polar surface area (TPSA) is 50.2 Å². The zero-order valence-electron chi connectivity index (χ0n) is 14.3. The molecule has 1 saturated heterocycles. The van der Waals surface area contributed by atoms with Gasteiger partial charge in [-0.25, -0.2) is 4.68 Å². The predicted molar refractivity (Wildman–Crippen MR) is 95.4 cm³/mol. The minimum atomic E-state index is -0.0520. The van der Waals surface area contributed by atoms with Gasteiger partial charge in [0, 0.05) is 25.3 Å². The van der Waals surface area contributed by atoms with Gasteiger partial charge in [0.25, 0.3) is 5.91 Å². The van der Waals surface area contributed by atoms with Crippen LogP contribution < -0.4 is 5.32 Å². The quantitative estimate of drug-likeness (QED) is 0.831. The summed E-state index contributed by atoms with van der Waals surface area (Å²) in [5.41, 5.74) is 1.56. The second-order valence-electron chi connectivity index (χ2n) is 6.50. The van der Waals surface area contributed by atoms with Gasteiger partial charge in [0.1, 0.15) is 0 Å². The molecule has 0 radical (unpaired) electrons. The Balaban J connectivity index is 1.45. The summed E-state index contributed by atoms with van der Waals surface area (Å²) < 4.78 is 1.73. The highest BCUT2D eigenvalue weighted by Crippen LogP contribution is 2.16. The van der Waals surface area contributed by atoms with Crippen LogP contribution >= 0.6 is 0 Å². The minimum Gasteiger partial charge on any atom is -0.352 e. The molecule has 1 atom stereocenters. The third-order valence-electron chi connectivity index (χ3n) is 4.71. The summed E-state index contributed by atoms with van der Waals surface area (Å²) in [5, 5.41) is 7.27. The largest absolute Gasteiger partial charge is 0.352 e. The van der Waals surface area contributed by atoms with Gasteiger partial charge >= 0.3 is 0 Å². The number of benzene rings is 1. The van der Waals surface area contributed by atoms with Crippen LogP contribution in [0.5, 0.6) is 0 Å². The normalized spacial score (nSPS) is 18.5. The average Bonchev–Trinajstić information content (AvgIpc) is 3.11. The molecule has 0 unspecified atom stereocenters. The number of nitrogens with zero attached hydrogens (tertiary/aromatic N) is 3. The Bertz CT molecular complexity index is 652. The zero-order chi connectivity index (χ0) is 16.8. The van der Waals surface area contributed by atoms with Crippen molar-refractivity contribution in [2.45, 2.75) is 38.6 Å². The van der Waals surface area contributed by atoms with Crippen LogP contribution in [-0.2, 0) is 0 Å². The van der Waals surface area contributed by atoms with Gasteiger partial charge in [0.05, 0.1) is 17.4 Å². The summed E-state index contributed by atoms with van der Waals surface area (Å²) >= 11 is 0. The Labute approximate surface area is 143 Å². The molecule has 3 rings (SSSR count). The van der Waals surface area contributed by atoms with E-state index in [9.17, 15) is 4.79 Å². The fourth-order valence-electron chi connectivity index (χ4n) is 3.24. The highest BCUT2D eigenvalue weighted by atomic mass is 16.1. The van der Waals surface area contributed by atoms with Crippen molar-refractivity contribution in [1.82, 2.24) is 20.0 Å². The number of para-hydroxylation sites is 1. The number of likely N-dealkylation sites (tertiary alicyclic amines) is 1. The predicted octanol–water partition coefficient (Wildman–Crippen LogP) is 2.87. The van der Waals surface area contributed by atoms with Crippen LogP contribution in [0.4, 0.5) is 0 Å². The number of aromatic nitrogens is 2. The van der Waals surface area contributed by atoms with Crippen LogP contribution in [0.3, 0.4) is 0 Å². The molecule has 24 heavy (non-hydrogen) atoms. The molecule has 1 aliphatic heterocycles. The van der Waals surface area contributed by atoms with Crippen LogP contribution in [0.2, 0.25) is 0 Å². The summed E-state index contributed by atoms with van der Waals surface area (Å²) in [6, 6.07) is 10.5. The number of carbonyl (C=O) groups excluding carboxylic acids is 1. The van der Waals surface area contributed by atoms with Gasteiger partial charge in [-0.3, -0.25) is 4.79 Å². The second-order valence-corrected chi connectivity index (χ2v) is 6.50. The van der Waals surface area contributed by atoms with E-state index in [1.807, 2.05) is 30.3 Å². The van der Waals surface area contributed by atoms with Gasteiger partial charge < -0.3 is 10.2 Å². The Hall–Kier alpha value is -2.14. The van der Waals surface area contributed by atoms with Crippen molar-refractivity contribution < 1.29 is 4.79 Å². The summed E-state index contributed by atoms with van der Waals surface area (Å²) in [4.78, 5) is 14.8. The Morgan fingerprint density at radius 3 is 2.92 bits per heavy atom. The lowest BCUT2D eigenvalue weighted by atomic mass is 10.0. The van der Waals surface area contributed by atoms with Crippen molar-refractivity contribution >= 4 is 5.91 Å². The molecular formula is C19H26N4O. The number of carbonyl (C=O) groups is 1. The molecule has 1 aromatic heterocycles. The molecule has 128 valence electrons. The first-order valence-corrected chi connectivity index (χ1v) is 8.86. The van der Waals surface area contributed by atoms with Gasteiger partial charge in [-0.1, -0.05) is 24.6 Å². The van der Waals surface area contributed by atoms with Crippen LogP contribution in [-0.4, -0.2) is 46.3 Å². The molecule has 1 N–H and O–H groups in total. The van der Waals surface area contributed by atoms with Gasteiger partial charge in [0.2, 0.25) is 0 Å². The van der Waals surface area contributed by atoms with Crippen molar-refractivity contribution in [3.8, 4) is 5.69 Å². The standard InChI is InChI=1S/C19H26N4O/c1-16-8-5-6-12-22(16)13-7-11-20-19(24)17-14-21-23(15-17)18-9-3-2-4-10-18/h2-4,9-10,14-16H,5-8,11-13H2,1H3,(H,20,24)/t16-/m0/s1. The number of piperidine rings is 1. The van der Waals surface area contributed by atoms with E-state index >= 15 is 0 Å². The molecule has 2 aromatic rings. The van der Waals surface area contributed by atoms with Crippen LogP contribution in [0.25, 0.3) is 5.69 Å². The first-order chi connectivity index (χ1) is 11.7. The molecule has 0 bridgehead atoms. The SMILES string of the molecule is C[C@H]1CCCCN1CCCNC(=O)c1cnn(-c2ccccc2)c1. The van der Waals surface area contributed by atoms with Crippen molar-refractivity contribution in [2.24, 2.45) is 0 Å². The van der Waals surface area contributed by atoms with Crippen molar-refractivity contribution in [3.05, 3.63) is 48.3 Å². The first-order valence-electron chi connectivity index (χ1n) is 8.86. The Kier molecular flexibility index (Phi) is 5.64. The van der Waals surface area contributed by atoms with E-state index in [1.165, 1.54) is 25.8 Å². The lowest BCUT2D eigenvalue weighted by Crippen LogP contribution is -2.39. The summed E-state index contributed by atoms with van der Waals surface area (Å²) in [6.07, 6.45) is 8.33.